The molecule has 0 spiro atoms. The highest BCUT2D eigenvalue weighted by atomic mass is 32.2. The van der Waals surface area contributed by atoms with Crippen molar-refractivity contribution in [2.75, 3.05) is 35.8 Å². The largest absolute Gasteiger partial charge is 0.399 e. The number of nitrogens with one attached hydrogen (secondary N) is 1. The van der Waals surface area contributed by atoms with Crippen molar-refractivity contribution in [1.29, 1.82) is 0 Å². The van der Waals surface area contributed by atoms with Crippen molar-refractivity contribution >= 4 is 39.2 Å². The minimum absolute atomic E-state index is 0.133. The van der Waals surface area contributed by atoms with E-state index >= 15 is 0 Å². The van der Waals surface area contributed by atoms with Gasteiger partial charge in [-0.15, -0.1) is 11.8 Å². The van der Waals surface area contributed by atoms with Crippen LogP contribution in [0.15, 0.2) is 29.2 Å². The van der Waals surface area contributed by atoms with Crippen LogP contribution in [0.2, 0.25) is 0 Å². The smallest absolute Gasteiger partial charge is 0.212 e. The standard InChI is InChI=1S/C13H22N2O2S3/c1-11(10-18-2)9-15-20(16,17)8-7-19-13-5-3-12(14)4-6-13/h3-6,11,15H,7-10,14H2,1-2H3. The Bertz CT molecular complexity index is 489. The molecule has 0 radical (unpaired) electrons. The SMILES string of the molecule is CSCC(C)CNS(=O)(=O)CCSc1ccc(N)cc1. The predicted molar refractivity (Wildman–Crippen MR) is 90.9 cm³/mol. The number of thioether (sulfide) groups is 2. The number of nitrogens with two attached hydrogens (primary N) is 1. The fourth-order valence-corrected chi connectivity index (χ4v) is 4.66. The molecule has 20 heavy (non-hydrogen) atoms. The normalized spacial score (nSPS) is 13.3. The van der Waals surface area contributed by atoms with Crippen LogP contribution in [0.25, 0.3) is 0 Å². The third kappa shape index (κ3) is 7.42. The highest BCUT2D eigenvalue weighted by Gasteiger charge is 2.12. The van der Waals surface area contributed by atoms with Gasteiger partial charge in [-0.3, -0.25) is 0 Å². The Morgan fingerprint density at radius 3 is 2.55 bits per heavy atom. The van der Waals surface area contributed by atoms with Gasteiger partial charge in [0.25, 0.3) is 0 Å². The summed E-state index contributed by atoms with van der Waals surface area (Å²) in [6.07, 6.45) is 2.02. The fraction of sp³-hybridized carbons (Fsp3) is 0.538. The zero-order valence-electron chi connectivity index (χ0n) is 11.8. The van der Waals surface area contributed by atoms with Crippen LogP contribution in [-0.4, -0.2) is 38.5 Å². The van der Waals surface area contributed by atoms with E-state index in [2.05, 4.69) is 4.72 Å². The number of anilines is 1. The van der Waals surface area contributed by atoms with Gasteiger partial charge in [0.05, 0.1) is 5.75 Å². The van der Waals surface area contributed by atoms with E-state index in [1.165, 1.54) is 11.8 Å². The van der Waals surface area contributed by atoms with Gasteiger partial charge in [0, 0.05) is 22.9 Å². The van der Waals surface area contributed by atoms with E-state index in [0.717, 1.165) is 10.6 Å². The minimum atomic E-state index is -3.18. The number of hydrogen-bond acceptors (Lipinski definition) is 5. The third-order valence-electron chi connectivity index (χ3n) is 2.60. The predicted octanol–water partition coefficient (Wildman–Crippen LogP) is 2.28. The van der Waals surface area contributed by atoms with Crippen molar-refractivity contribution in [3.63, 3.8) is 0 Å². The van der Waals surface area contributed by atoms with Gasteiger partial charge in [-0.05, 0) is 42.2 Å². The quantitative estimate of drug-likeness (QED) is 0.535. The molecule has 0 saturated heterocycles. The summed E-state index contributed by atoms with van der Waals surface area (Å²) < 4.78 is 26.3. The lowest BCUT2D eigenvalue weighted by molar-refractivity contribution is 0.564. The molecular weight excluding hydrogens is 312 g/mol. The molecule has 0 aromatic heterocycles. The van der Waals surface area contributed by atoms with Gasteiger partial charge in [-0.1, -0.05) is 6.92 Å². The first kappa shape index (κ1) is 17.7. The lowest BCUT2D eigenvalue weighted by Crippen LogP contribution is -2.31. The summed E-state index contributed by atoms with van der Waals surface area (Å²) in [6.45, 7) is 2.55. The van der Waals surface area contributed by atoms with E-state index in [4.69, 9.17) is 5.73 Å². The van der Waals surface area contributed by atoms with Gasteiger partial charge in [0.2, 0.25) is 10.0 Å². The lowest BCUT2D eigenvalue weighted by atomic mass is 10.2. The van der Waals surface area contributed by atoms with Crippen LogP contribution < -0.4 is 10.5 Å². The summed E-state index contributed by atoms with van der Waals surface area (Å²) in [5, 5.41) is 0. The van der Waals surface area contributed by atoms with Gasteiger partial charge in [0.15, 0.2) is 0 Å². The second-order valence-corrected chi connectivity index (χ2v) is 8.65. The van der Waals surface area contributed by atoms with Gasteiger partial charge in [0.1, 0.15) is 0 Å². The van der Waals surface area contributed by atoms with E-state index in [-0.39, 0.29) is 5.75 Å². The maximum absolute atomic E-state index is 11.8. The zero-order chi connectivity index (χ0) is 15.0. The van der Waals surface area contributed by atoms with Crippen LogP contribution in [0.4, 0.5) is 5.69 Å². The first-order chi connectivity index (χ1) is 9.43. The molecule has 7 heteroatoms. The Balaban J connectivity index is 2.30. The molecule has 1 aromatic rings. The molecule has 114 valence electrons. The van der Waals surface area contributed by atoms with Gasteiger partial charge < -0.3 is 5.73 Å². The van der Waals surface area contributed by atoms with E-state index in [0.29, 0.717) is 23.9 Å². The molecule has 0 amide bonds. The van der Waals surface area contributed by atoms with Crippen LogP contribution >= 0.6 is 23.5 Å². The van der Waals surface area contributed by atoms with Crippen molar-refractivity contribution in [3.05, 3.63) is 24.3 Å². The molecule has 0 heterocycles. The monoisotopic (exact) mass is 334 g/mol. The van der Waals surface area contributed by atoms with E-state index in [1.54, 1.807) is 11.8 Å². The van der Waals surface area contributed by atoms with Crippen molar-refractivity contribution in [3.8, 4) is 0 Å². The van der Waals surface area contributed by atoms with E-state index < -0.39 is 10.0 Å². The van der Waals surface area contributed by atoms with Crippen LogP contribution in [0.5, 0.6) is 0 Å². The molecular formula is C13H22N2O2S3. The topological polar surface area (TPSA) is 72.2 Å². The Hall–Kier alpha value is -0.370. The van der Waals surface area contributed by atoms with Crippen molar-refractivity contribution in [2.24, 2.45) is 5.92 Å². The summed E-state index contributed by atoms with van der Waals surface area (Å²) >= 11 is 3.25. The summed E-state index contributed by atoms with van der Waals surface area (Å²) in [5.41, 5.74) is 6.31. The van der Waals surface area contributed by atoms with Crippen molar-refractivity contribution < 1.29 is 8.42 Å². The number of sulfonamides is 1. The molecule has 0 aliphatic heterocycles. The highest BCUT2D eigenvalue weighted by molar-refractivity contribution is 8.00. The van der Waals surface area contributed by atoms with Crippen LogP contribution in [0, 0.1) is 5.92 Å². The Morgan fingerprint density at radius 1 is 1.30 bits per heavy atom. The number of rotatable bonds is 9. The highest BCUT2D eigenvalue weighted by Crippen LogP contribution is 2.19. The molecule has 0 aliphatic carbocycles. The minimum Gasteiger partial charge on any atom is -0.399 e. The second-order valence-electron chi connectivity index (χ2n) is 4.65. The van der Waals surface area contributed by atoms with Gasteiger partial charge in [-0.25, -0.2) is 13.1 Å². The van der Waals surface area contributed by atoms with E-state index in [9.17, 15) is 8.42 Å². The van der Waals surface area contributed by atoms with E-state index in [1.807, 2.05) is 37.4 Å². The van der Waals surface area contributed by atoms with Crippen LogP contribution in [0.3, 0.4) is 0 Å². The van der Waals surface area contributed by atoms with Crippen molar-refractivity contribution in [1.82, 2.24) is 4.72 Å². The number of benzene rings is 1. The molecule has 0 fully saturated rings. The molecule has 3 N–H and O–H groups in total. The lowest BCUT2D eigenvalue weighted by Gasteiger charge is -2.11. The summed E-state index contributed by atoms with van der Waals surface area (Å²) in [5.74, 6) is 1.98. The maximum atomic E-state index is 11.8. The molecule has 4 nitrogen and oxygen atoms in total. The Kier molecular flexibility index (Phi) is 7.79. The van der Waals surface area contributed by atoms with Gasteiger partial charge >= 0.3 is 0 Å². The molecule has 0 bridgehead atoms. The number of nitrogen functional groups attached to an aromatic ring is 1. The first-order valence-electron chi connectivity index (χ1n) is 6.37. The summed E-state index contributed by atoms with van der Waals surface area (Å²) in [7, 11) is -3.18. The van der Waals surface area contributed by atoms with Crippen LogP contribution in [-0.2, 0) is 10.0 Å². The molecule has 0 aliphatic rings. The molecule has 1 aromatic carbocycles. The molecule has 1 unspecified atom stereocenters. The summed E-state index contributed by atoms with van der Waals surface area (Å²) in [4.78, 5) is 1.03. The first-order valence-corrected chi connectivity index (χ1v) is 10.4. The summed E-state index contributed by atoms with van der Waals surface area (Å²) in [6, 6.07) is 7.44. The average molecular weight is 335 g/mol. The average Bonchev–Trinajstić information content (AvgIpc) is 2.39. The van der Waals surface area contributed by atoms with Crippen molar-refractivity contribution in [2.45, 2.75) is 11.8 Å². The zero-order valence-corrected chi connectivity index (χ0v) is 14.3. The van der Waals surface area contributed by atoms with Crippen LogP contribution in [0.1, 0.15) is 6.92 Å². The molecule has 1 rings (SSSR count). The molecule has 0 saturated carbocycles. The fourth-order valence-electron chi connectivity index (χ4n) is 1.52. The van der Waals surface area contributed by atoms with Gasteiger partial charge in [-0.2, -0.15) is 11.8 Å². The maximum Gasteiger partial charge on any atom is 0.212 e. The second kappa shape index (κ2) is 8.81. The number of hydrogen-bond donors (Lipinski definition) is 2. The molecule has 1 atom stereocenters. The Morgan fingerprint density at radius 2 is 1.95 bits per heavy atom. The Labute approximate surface area is 130 Å². The third-order valence-corrected chi connectivity index (χ3v) is 6.13.